The number of anilines is 1. The number of hydrazone groups is 1. The highest BCUT2D eigenvalue weighted by Gasteiger charge is 2.06. The molecule has 0 aliphatic rings. The monoisotopic (exact) mass is 321 g/mol. The zero-order valence-corrected chi connectivity index (χ0v) is 13.4. The van der Waals surface area contributed by atoms with E-state index in [9.17, 15) is 0 Å². The van der Waals surface area contributed by atoms with Crippen LogP contribution in [-0.4, -0.2) is 11.2 Å². The predicted octanol–water partition coefficient (Wildman–Crippen LogP) is 5.31. The van der Waals surface area contributed by atoms with Crippen molar-refractivity contribution in [3.8, 4) is 0 Å². The molecule has 1 N–H and O–H groups in total. The summed E-state index contributed by atoms with van der Waals surface area (Å²) in [6.45, 7) is 1.90. The maximum absolute atomic E-state index is 4.39. The summed E-state index contributed by atoms with van der Waals surface area (Å²) in [5.74, 6) is 0. The number of rotatable bonds is 5. The van der Waals surface area contributed by atoms with Crippen LogP contribution < -0.4 is 5.43 Å². The van der Waals surface area contributed by atoms with Gasteiger partial charge in [0, 0.05) is 0 Å². The molecule has 0 fully saturated rings. The summed E-state index contributed by atoms with van der Waals surface area (Å²) in [7, 11) is 0. The van der Waals surface area contributed by atoms with Crippen molar-refractivity contribution in [2.75, 3.05) is 5.43 Å². The Hall–Kier alpha value is -2.86. The minimum atomic E-state index is 0.691. The van der Waals surface area contributed by atoms with E-state index in [2.05, 4.69) is 25.7 Å². The third kappa shape index (κ3) is 4.31. The number of aryl methyl sites for hydroxylation is 1. The molecule has 3 rings (SSSR count). The van der Waals surface area contributed by atoms with Crippen LogP contribution in [0, 0.1) is 6.92 Å². The smallest absolute Gasteiger partial charge is 0.205 e. The number of azo groups is 1. The van der Waals surface area contributed by atoms with Gasteiger partial charge in [-0.05, 0) is 24.6 Å². The van der Waals surface area contributed by atoms with Crippen molar-refractivity contribution in [3.63, 3.8) is 0 Å². The fraction of sp³-hybridized carbons (Fsp3) is 0.0588. The summed E-state index contributed by atoms with van der Waals surface area (Å²) >= 11 is 1.42. The maximum Gasteiger partial charge on any atom is 0.205 e. The first-order valence-corrected chi connectivity index (χ1v) is 7.91. The van der Waals surface area contributed by atoms with Crippen LogP contribution in [0.25, 0.3) is 0 Å². The lowest BCUT2D eigenvalue weighted by Crippen LogP contribution is -1.89. The molecule has 0 aliphatic heterocycles. The van der Waals surface area contributed by atoms with Crippen LogP contribution in [0.2, 0.25) is 0 Å². The third-order valence-corrected chi connectivity index (χ3v) is 3.90. The summed E-state index contributed by atoms with van der Waals surface area (Å²) < 4.78 is 0. The predicted molar refractivity (Wildman–Crippen MR) is 95.1 cm³/mol. The van der Waals surface area contributed by atoms with Gasteiger partial charge < -0.3 is 0 Å². The summed E-state index contributed by atoms with van der Waals surface area (Å²) in [5, 5.41) is 14.1. The van der Waals surface area contributed by atoms with Crippen LogP contribution in [-0.2, 0) is 0 Å². The van der Waals surface area contributed by atoms with Crippen molar-refractivity contribution in [1.29, 1.82) is 0 Å². The summed E-state index contributed by atoms with van der Waals surface area (Å²) in [5.41, 5.74) is 5.60. The van der Waals surface area contributed by atoms with E-state index in [1.54, 1.807) is 6.21 Å². The van der Waals surface area contributed by atoms with Gasteiger partial charge in [0.2, 0.25) is 5.13 Å². The van der Waals surface area contributed by atoms with Crippen molar-refractivity contribution < 1.29 is 0 Å². The molecule has 0 amide bonds. The maximum atomic E-state index is 4.39. The minimum absolute atomic E-state index is 0.691. The van der Waals surface area contributed by atoms with Gasteiger partial charge in [-0.2, -0.15) is 5.10 Å². The van der Waals surface area contributed by atoms with Crippen LogP contribution in [0.5, 0.6) is 0 Å². The molecule has 0 unspecified atom stereocenters. The molecule has 1 heterocycles. The quantitative estimate of drug-likeness (QED) is 0.393. The van der Waals surface area contributed by atoms with Gasteiger partial charge >= 0.3 is 0 Å². The molecule has 0 saturated carbocycles. The summed E-state index contributed by atoms with van der Waals surface area (Å²) in [4.78, 5) is 4.39. The first-order valence-electron chi connectivity index (χ1n) is 7.09. The molecule has 0 radical (unpaired) electrons. The first kappa shape index (κ1) is 15.1. The number of nitrogens with one attached hydrogen (secondary N) is 1. The molecule has 0 bridgehead atoms. The number of hydrogen-bond donors (Lipinski definition) is 1. The SMILES string of the molecule is Cc1nc(N/N=C/c2ccccc2)sc1N=Nc1ccccc1. The normalized spacial score (nSPS) is 11.3. The van der Waals surface area contributed by atoms with Crippen LogP contribution in [0.3, 0.4) is 0 Å². The van der Waals surface area contributed by atoms with E-state index in [1.807, 2.05) is 67.6 Å². The number of hydrogen-bond acceptors (Lipinski definition) is 6. The molecule has 114 valence electrons. The molecule has 2 aromatic carbocycles. The Morgan fingerprint density at radius 3 is 2.39 bits per heavy atom. The Labute approximate surface area is 138 Å². The Balaban J connectivity index is 1.66. The largest absolute Gasteiger partial charge is 0.253 e. The Morgan fingerprint density at radius 2 is 1.65 bits per heavy atom. The average Bonchev–Trinajstić information content (AvgIpc) is 2.95. The zero-order chi connectivity index (χ0) is 15.9. The van der Waals surface area contributed by atoms with E-state index in [0.717, 1.165) is 21.9 Å². The van der Waals surface area contributed by atoms with E-state index in [4.69, 9.17) is 0 Å². The zero-order valence-electron chi connectivity index (χ0n) is 12.5. The first-order chi connectivity index (χ1) is 11.3. The minimum Gasteiger partial charge on any atom is -0.253 e. The molecule has 0 atom stereocenters. The van der Waals surface area contributed by atoms with Crippen molar-refractivity contribution in [2.24, 2.45) is 15.3 Å². The molecular formula is C17H15N5S. The van der Waals surface area contributed by atoms with Crippen LogP contribution >= 0.6 is 11.3 Å². The molecule has 0 aliphatic carbocycles. The highest BCUT2D eigenvalue weighted by atomic mass is 32.1. The highest BCUT2D eigenvalue weighted by Crippen LogP contribution is 2.31. The van der Waals surface area contributed by atoms with Gasteiger partial charge in [0.15, 0.2) is 5.00 Å². The molecular weight excluding hydrogens is 306 g/mol. The fourth-order valence-corrected chi connectivity index (χ4v) is 2.57. The summed E-state index contributed by atoms with van der Waals surface area (Å²) in [6, 6.07) is 19.5. The van der Waals surface area contributed by atoms with E-state index in [0.29, 0.717) is 5.13 Å². The Bertz CT molecular complexity index is 810. The molecule has 0 spiro atoms. The Kier molecular flexibility index (Phi) is 4.85. The van der Waals surface area contributed by atoms with E-state index >= 15 is 0 Å². The van der Waals surface area contributed by atoms with Crippen molar-refractivity contribution in [3.05, 3.63) is 71.9 Å². The third-order valence-electron chi connectivity index (χ3n) is 2.96. The summed E-state index contributed by atoms with van der Waals surface area (Å²) in [6.07, 6.45) is 1.75. The van der Waals surface area contributed by atoms with Crippen molar-refractivity contribution in [1.82, 2.24) is 4.98 Å². The second-order valence-corrected chi connectivity index (χ2v) is 5.70. The van der Waals surface area contributed by atoms with Crippen LogP contribution in [0.1, 0.15) is 11.3 Å². The van der Waals surface area contributed by atoms with E-state index in [1.165, 1.54) is 11.3 Å². The van der Waals surface area contributed by atoms with Gasteiger partial charge in [-0.25, -0.2) is 4.98 Å². The van der Waals surface area contributed by atoms with Crippen LogP contribution in [0.15, 0.2) is 76.0 Å². The number of nitrogens with zero attached hydrogens (tertiary/aromatic N) is 4. The lowest BCUT2D eigenvalue weighted by atomic mass is 10.2. The van der Waals surface area contributed by atoms with Gasteiger partial charge in [-0.15, -0.1) is 10.2 Å². The fourth-order valence-electron chi connectivity index (χ4n) is 1.83. The number of benzene rings is 2. The Morgan fingerprint density at radius 1 is 0.957 bits per heavy atom. The molecule has 6 heteroatoms. The number of thiazole rings is 1. The molecule has 3 aromatic rings. The topological polar surface area (TPSA) is 62.0 Å². The average molecular weight is 321 g/mol. The van der Waals surface area contributed by atoms with E-state index < -0.39 is 0 Å². The van der Waals surface area contributed by atoms with Gasteiger partial charge in [0.05, 0.1) is 17.6 Å². The van der Waals surface area contributed by atoms with Gasteiger partial charge in [-0.1, -0.05) is 59.9 Å². The molecule has 0 saturated heterocycles. The van der Waals surface area contributed by atoms with Crippen molar-refractivity contribution in [2.45, 2.75) is 6.92 Å². The van der Waals surface area contributed by atoms with E-state index in [-0.39, 0.29) is 0 Å². The standard InChI is InChI=1S/C17H15N5S/c1-13-16(21-20-15-10-6-3-7-11-15)23-17(19-13)22-18-12-14-8-4-2-5-9-14/h2-12H,1H3,(H,19,22)/b18-12+,21-20?. The molecule has 23 heavy (non-hydrogen) atoms. The second-order valence-electron chi connectivity index (χ2n) is 4.73. The van der Waals surface area contributed by atoms with Crippen LogP contribution in [0.4, 0.5) is 15.8 Å². The lowest BCUT2D eigenvalue weighted by molar-refractivity contribution is 1.18. The van der Waals surface area contributed by atoms with Gasteiger partial charge in [-0.3, -0.25) is 5.43 Å². The number of aromatic nitrogens is 1. The van der Waals surface area contributed by atoms with Crippen molar-refractivity contribution >= 4 is 33.4 Å². The molecule has 5 nitrogen and oxygen atoms in total. The van der Waals surface area contributed by atoms with Gasteiger partial charge in [0.1, 0.15) is 0 Å². The second kappa shape index (κ2) is 7.42. The highest BCUT2D eigenvalue weighted by molar-refractivity contribution is 7.19. The molecule has 1 aromatic heterocycles. The lowest BCUT2D eigenvalue weighted by Gasteiger charge is -1.93. The van der Waals surface area contributed by atoms with Gasteiger partial charge in [0.25, 0.3) is 0 Å².